The molecule has 1 aliphatic heterocycles. The van der Waals surface area contributed by atoms with Gasteiger partial charge in [0.05, 0.1) is 25.0 Å². The van der Waals surface area contributed by atoms with Gasteiger partial charge in [-0.25, -0.2) is 4.79 Å². The molecule has 170 valence electrons. The molecule has 0 spiro atoms. The number of hydrogen-bond acceptors (Lipinski definition) is 4. The van der Waals surface area contributed by atoms with Gasteiger partial charge in [-0.2, -0.15) is 18.3 Å². The largest absolute Gasteiger partial charge is 0.490 e. The normalized spacial score (nSPS) is 18.2. The first-order chi connectivity index (χ1) is 14.6. The summed E-state index contributed by atoms with van der Waals surface area (Å²) in [7, 11) is 3.62. The summed E-state index contributed by atoms with van der Waals surface area (Å²) in [5.41, 5.74) is 3.15. The highest BCUT2D eigenvalue weighted by Crippen LogP contribution is 2.34. The van der Waals surface area contributed by atoms with Crippen LogP contribution in [0, 0.1) is 5.92 Å². The van der Waals surface area contributed by atoms with Gasteiger partial charge in [0.25, 0.3) is 5.91 Å². The number of fused-ring (bicyclic) bond motifs is 1. The van der Waals surface area contributed by atoms with E-state index < -0.39 is 12.1 Å². The summed E-state index contributed by atoms with van der Waals surface area (Å²) in [5, 5.41) is 11.7. The molecular weight excluding hydrogens is 417 g/mol. The summed E-state index contributed by atoms with van der Waals surface area (Å²) < 4.78 is 41.1. The van der Waals surface area contributed by atoms with Crippen LogP contribution >= 0.6 is 0 Å². The van der Waals surface area contributed by atoms with Crippen molar-refractivity contribution < 1.29 is 32.6 Å². The summed E-state index contributed by atoms with van der Waals surface area (Å²) >= 11 is 0. The van der Waals surface area contributed by atoms with Gasteiger partial charge in [-0.1, -0.05) is 0 Å². The molecule has 0 radical (unpaired) electrons. The van der Waals surface area contributed by atoms with Crippen LogP contribution in [0.4, 0.5) is 13.2 Å². The van der Waals surface area contributed by atoms with E-state index in [1.807, 2.05) is 41.0 Å². The van der Waals surface area contributed by atoms with Crippen LogP contribution in [0.3, 0.4) is 0 Å². The second kappa shape index (κ2) is 9.13. The number of aliphatic carboxylic acids is 1. The minimum Gasteiger partial charge on any atom is -0.475 e. The number of halogens is 3. The number of aryl methyl sites for hydroxylation is 1. The Balaban J connectivity index is 0.000000339. The molecule has 1 aliphatic carbocycles. The van der Waals surface area contributed by atoms with E-state index in [-0.39, 0.29) is 11.8 Å². The molecule has 2 aromatic heterocycles. The Bertz CT molecular complexity index is 933. The molecule has 2 aromatic rings. The molecule has 2 aliphatic rings. The Morgan fingerprint density at radius 2 is 2.00 bits per heavy atom. The molecule has 1 unspecified atom stereocenters. The van der Waals surface area contributed by atoms with Crippen LogP contribution in [0.2, 0.25) is 0 Å². The van der Waals surface area contributed by atoms with E-state index in [2.05, 4.69) is 9.78 Å². The van der Waals surface area contributed by atoms with Gasteiger partial charge in [0, 0.05) is 44.9 Å². The van der Waals surface area contributed by atoms with Crippen LogP contribution in [-0.4, -0.2) is 62.7 Å². The fourth-order valence-corrected chi connectivity index (χ4v) is 3.59. The van der Waals surface area contributed by atoms with Crippen molar-refractivity contribution in [3.63, 3.8) is 0 Å². The van der Waals surface area contributed by atoms with Crippen LogP contribution < -0.4 is 0 Å². The Morgan fingerprint density at radius 1 is 1.32 bits per heavy atom. The molecule has 11 heteroatoms. The van der Waals surface area contributed by atoms with Crippen LogP contribution in [0.15, 0.2) is 24.5 Å². The first-order valence-corrected chi connectivity index (χ1v) is 9.86. The monoisotopic (exact) mass is 442 g/mol. The lowest BCUT2D eigenvalue weighted by molar-refractivity contribution is -0.192. The smallest absolute Gasteiger partial charge is 0.475 e. The molecular formula is C20H25F3N4O4. The molecule has 3 heterocycles. The number of carboxylic acids is 1. The molecule has 8 nitrogen and oxygen atoms in total. The third kappa shape index (κ3) is 5.46. The molecule has 31 heavy (non-hydrogen) atoms. The van der Waals surface area contributed by atoms with E-state index in [1.165, 1.54) is 24.1 Å². The van der Waals surface area contributed by atoms with Gasteiger partial charge in [-0.3, -0.25) is 9.48 Å². The maximum absolute atomic E-state index is 12.9. The van der Waals surface area contributed by atoms with Crippen LogP contribution in [0.5, 0.6) is 0 Å². The minimum atomic E-state index is -5.08. The predicted molar refractivity (Wildman–Crippen MR) is 103 cm³/mol. The van der Waals surface area contributed by atoms with Gasteiger partial charge in [0.15, 0.2) is 0 Å². The summed E-state index contributed by atoms with van der Waals surface area (Å²) in [5.74, 6) is -1.73. The van der Waals surface area contributed by atoms with Crippen molar-refractivity contribution in [3.05, 3.63) is 41.5 Å². The summed E-state index contributed by atoms with van der Waals surface area (Å²) in [6.45, 7) is 2.90. The number of nitrogens with zero attached hydrogens (tertiary/aromatic N) is 4. The fraction of sp³-hybridized carbons (Fsp3) is 0.550. The number of carbonyl (C=O) groups is 2. The molecule has 1 N–H and O–H groups in total. The quantitative estimate of drug-likeness (QED) is 0.769. The minimum absolute atomic E-state index is 0.0772. The number of methoxy groups -OCH3 is 1. The van der Waals surface area contributed by atoms with Crippen LogP contribution in [0.25, 0.3) is 0 Å². The topological polar surface area (TPSA) is 89.6 Å². The van der Waals surface area contributed by atoms with E-state index in [9.17, 15) is 18.0 Å². The average molecular weight is 442 g/mol. The number of carboxylic acid groups (broad SMARTS) is 1. The van der Waals surface area contributed by atoms with Crippen molar-refractivity contribution in [3.8, 4) is 0 Å². The molecule has 1 fully saturated rings. The van der Waals surface area contributed by atoms with Crippen molar-refractivity contribution in [1.29, 1.82) is 0 Å². The van der Waals surface area contributed by atoms with E-state index in [4.69, 9.17) is 14.6 Å². The van der Waals surface area contributed by atoms with Gasteiger partial charge < -0.3 is 19.3 Å². The lowest BCUT2D eigenvalue weighted by atomic mass is 9.95. The number of alkyl halides is 3. The van der Waals surface area contributed by atoms with Gasteiger partial charge in [0.2, 0.25) is 0 Å². The van der Waals surface area contributed by atoms with E-state index in [1.54, 1.807) is 7.11 Å². The Morgan fingerprint density at radius 3 is 2.52 bits per heavy atom. The number of rotatable bonds is 5. The maximum Gasteiger partial charge on any atom is 0.490 e. The lowest BCUT2D eigenvalue weighted by Crippen LogP contribution is -2.40. The summed E-state index contributed by atoms with van der Waals surface area (Å²) in [6.07, 6.45) is 1.39. The molecule has 1 saturated carbocycles. The Labute approximate surface area is 177 Å². The number of amides is 1. The molecule has 4 rings (SSSR count). The lowest BCUT2D eigenvalue weighted by Gasteiger charge is -2.33. The van der Waals surface area contributed by atoms with Crippen molar-refractivity contribution >= 4 is 11.9 Å². The highest BCUT2D eigenvalue weighted by molar-refractivity contribution is 5.93. The van der Waals surface area contributed by atoms with Gasteiger partial charge in [-0.05, 0) is 30.9 Å². The van der Waals surface area contributed by atoms with E-state index >= 15 is 0 Å². The number of ether oxygens (including phenoxy) is 1. The molecule has 0 aromatic carbocycles. The van der Waals surface area contributed by atoms with Crippen LogP contribution in [0.1, 0.15) is 40.5 Å². The van der Waals surface area contributed by atoms with Crippen molar-refractivity contribution in [2.75, 3.05) is 20.3 Å². The Kier molecular flexibility index (Phi) is 6.73. The van der Waals surface area contributed by atoms with Crippen LogP contribution in [-0.2, 0) is 29.7 Å². The molecule has 1 atom stereocenters. The van der Waals surface area contributed by atoms with Gasteiger partial charge >= 0.3 is 12.1 Å². The van der Waals surface area contributed by atoms with E-state index in [0.717, 1.165) is 18.2 Å². The fourth-order valence-electron chi connectivity index (χ4n) is 3.59. The van der Waals surface area contributed by atoms with Gasteiger partial charge in [-0.15, -0.1) is 0 Å². The molecule has 0 bridgehead atoms. The SMILES string of the molecule is COCC1CN(C(=O)c2cccn2C)Cc2c1cnn2CC1CC1.O=C(O)C(F)(F)F. The number of carbonyl (C=O) groups excluding carboxylic acids is 1. The third-order valence-electron chi connectivity index (χ3n) is 5.39. The standard InChI is InChI=1S/C18H24N4O2.C2HF3O2/c1-20-7-3-4-16(20)18(23)21-10-14(12-24-2)15-8-19-22(17(15)11-21)9-13-5-6-13;3-2(4,5)1(6)7/h3-4,7-8,13-14H,5-6,9-12H2,1-2H3;(H,6,7). The molecule has 0 saturated heterocycles. The highest BCUT2D eigenvalue weighted by Gasteiger charge is 2.38. The zero-order chi connectivity index (χ0) is 22.8. The van der Waals surface area contributed by atoms with Crippen molar-refractivity contribution in [1.82, 2.24) is 19.2 Å². The first-order valence-electron chi connectivity index (χ1n) is 9.86. The average Bonchev–Trinajstić information content (AvgIpc) is 3.27. The third-order valence-corrected chi connectivity index (χ3v) is 5.39. The van der Waals surface area contributed by atoms with Crippen molar-refractivity contribution in [2.45, 2.75) is 38.0 Å². The second-order valence-corrected chi connectivity index (χ2v) is 7.82. The Hall–Kier alpha value is -2.82. The van der Waals surface area contributed by atoms with E-state index in [0.29, 0.717) is 19.7 Å². The maximum atomic E-state index is 12.9. The zero-order valence-electron chi connectivity index (χ0n) is 17.3. The number of hydrogen-bond donors (Lipinski definition) is 1. The summed E-state index contributed by atoms with van der Waals surface area (Å²) in [4.78, 5) is 23.8. The first kappa shape index (κ1) is 22.9. The number of aromatic nitrogens is 3. The summed E-state index contributed by atoms with van der Waals surface area (Å²) in [6, 6.07) is 3.79. The van der Waals surface area contributed by atoms with Crippen molar-refractivity contribution in [2.24, 2.45) is 13.0 Å². The highest BCUT2D eigenvalue weighted by atomic mass is 19.4. The second-order valence-electron chi connectivity index (χ2n) is 7.82. The van der Waals surface area contributed by atoms with Gasteiger partial charge in [0.1, 0.15) is 5.69 Å². The molecule has 1 amide bonds. The predicted octanol–water partition coefficient (Wildman–Crippen LogP) is 2.65. The zero-order valence-corrected chi connectivity index (χ0v) is 17.3.